The van der Waals surface area contributed by atoms with Gasteiger partial charge in [0, 0.05) is 5.92 Å². The van der Waals surface area contributed by atoms with Crippen molar-refractivity contribution in [2.45, 2.75) is 51.8 Å². The van der Waals surface area contributed by atoms with Gasteiger partial charge in [0.15, 0.2) is 7.49 Å². The van der Waals surface area contributed by atoms with Crippen LogP contribution in [0.2, 0.25) is 6.82 Å². The lowest BCUT2D eigenvalue weighted by atomic mass is 9.77. The van der Waals surface area contributed by atoms with Crippen LogP contribution in [0.5, 0.6) is 0 Å². The van der Waals surface area contributed by atoms with Crippen LogP contribution in [0.4, 0.5) is 0 Å². The average Bonchev–Trinajstić information content (AvgIpc) is 2.13. The van der Waals surface area contributed by atoms with Crippen molar-refractivity contribution in [1.82, 2.24) is 4.97 Å². The van der Waals surface area contributed by atoms with Crippen LogP contribution in [0.15, 0.2) is 0 Å². The van der Waals surface area contributed by atoms with E-state index in [1.807, 2.05) is 0 Å². The Balaban J connectivity index is 2.96. The molecule has 1 rings (SSSR count). The van der Waals surface area contributed by atoms with E-state index in [-0.39, 0.29) is 10.3 Å². The zero-order valence-corrected chi connectivity index (χ0v) is 13.2. The number of rotatable bonds is 3. The van der Waals surface area contributed by atoms with Gasteiger partial charge in [-0.3, -0.25) is 4.97 Å². The molecule has 17 heavy (non-hydrogen) atoms. The molecule has 0 aromatic heterocycles. The van der Waals surface area contributed by atoms with Gasteiger partial charge in [-0.25, -0.2) is 0 Å². The number of hydrogen-bond acceptors (Lipinski definition) is 4. The zero-order valence-electron chi connectivity index (χ0n) is 12.4. The largest absolute Gasteiger partial charge is 0.569 e. The van der Waals surface area contributed by atoms with Crippen molar-refractivity contribution < 1.29 is 14.7 Å². The summed E-state index contributed by atoms with van der Waals surface area (Å²) in [7, 11) is -0.138. The quantitative estimate of drug-likeness (QED) is 0.465. The molecular formula is C11H27BNO3P. The van der Waals surface area contributed by atoms with E-state index < -0.39 is 14.2 Å². The van der Waals surface area contributed by atoms with Gasteiger partial charge in [0.05, 0.1) is 6.66 Å². The van der Waals surface area contributed by atoms with Crippen LogP contribution in [0.25, 0.3) is 0 Å². The normalized spacial score (nSPS) is 35.8. The van der Waals surface area contributed by atoms with Gasteiger partial charge in [-0.05, 0) is 34.7 Å². The maximum Gasteiger partial charge on any atom is 0.336 e. The third-order valence-corrected chi connectivity index (χ3v) is 11.1. The molecule has 0 radical (unpaired) electrons. The minimum Gasteiger partial charge on any atom is -0.569 e. The Morgan fingerprint density at radius 2 is 1.53 bits per heavy atom. The second-order valence-corrected chi connectivity index (χ2v) is 11.0. The van der Waals surface area contributed by atoms with E-state index >= 15 is 0 Å². The fourth-order valence-corrected chi connectivity index (χ4v) is 7.36. The topological polar surface area (TPSA) is 52.9 Å². The molecule has 1 heterocycles. The van der Waals surface area contributed by atoms with E-state index in [1.165, 1.54) is 11.8 Å². The first-order chi connectivity index (χ1) is 7.28. The summed E-state index contributed by atoms with van der Waals surface area (Å²) in [6, 6.07) is 0. The van der Waals surface area contributed by atoms with E-state index in [2.05, 4.69) is 41.3 Å². The van der Waals surface area contributed by atoms with Crippen molar-refractivity contribution in [3.63, 3.8) is 0 Å². The standard InChI is InChI=1S/C11H27BNO3P/c1-9-10(2,3)17(8,11(9,4)5)16-13(7)12(6,14)15/h9,14-15H,1-8H3. The smallest absolute Gasteiger partial charge is 0.336 e. The Bertz CT molecular complexity index is 298. The first kappa shape index (κ1) is 15.4. The van der Waals surface area contributed by atoms with Crippen molar-refractivity contribution in [3.05, 3.63) is 0 Å². The number of hydroxylamine groups is 1. The molecule has 102 valence electrons. The Morgan fingerprint density at radius 1 is 1.18 bits per heavy atom. The number of hydrogen-bond donors (Lipinski definition) is 2. The Morgan fingerprint density at radius 3 is 1.82 bits per heavy atom. The van der Waals surface area contributed by atoms with Crippen LogP contribution in [-0.2, 0) is 4.62 Å². The molecule has 0 aliphatic carbocycles. The van der Waals surface area contributed by atoms with Crippen LogP contribution >= 0.6 is 7.49 Å². The van der Waals surface area contributed by atoms with Crippen molar-refractivity contribution in [3.8, 4) is 0 Å². The molecule has 1 fully saturated rings. The fraction of sp³-hybridized carbons (Fsp3) is 1.00. The average molecular weight is 263 g/mol. The van der Waals surface area contributed by atoms with Crippen molar-refractivity contribution in [1.29, 1.82) is 0 Å². The third kappa shape index (κ3) is 1.96. The van der Waals surface area contributed by atoms with Crippen molar-refractivity contribution in [2.24, 2.45) is 5.92 Å². The first-order valence-electron chi connectivity index (χ1n) is 6.21. The van der Waals surface area contributed by atoms with Gasteiger partial charge in [0.25, 0.3) is 0 Å². The second-order valence-electron chi connectivity index (χ2n) is 6.70. The molecule has 4 nitrogen and oxygen atoms in total. The molecule has 1 saturated heterocycles. The maximum atomic E-state index is 9.61. The molecule has 0 atom stereocenters. The minimum absolute atomic E-state index is 0.103. The van der Waals surface area contributed by atoms with Gasteiger partial charge < -0.3 is 10.0 Å². The van der Waals surface area contributed by atoms with E-state index in [1.54, 1.807) is 7.05 Å². The highest BCUT2D eigenvalue weighted by Gasteiger charge is 2.78. The van der Waals surface area contributed by atoms with Gasteiger partial charge in [-0.15, -0.1) is 6.82 Å². The lowest BCUT2D eigenvalue weighted by molar-refractivity contribution is -0.00688. The maximum absolute atomic E-state index is 9.61. The van der Waals surface area contributed by atoms with Gasteiger partial charge in [-0.1, -0.05) is 6.92 Å². The van der Waals surface area contributed by atoms with Crippen LogP contribution in [0, 0.1) is 5.92 Å². The second kappa shape index (κ2) is 3.91. The SMILES string of the molecule is CC1C(C)(C)[P+](C)(ON(C)[B-](C)(O)O)C1(C)C. The fourth-order valence-electron chi connectivity index (χ4n) is 2.84. The van der Waals surface area contributed by atoms with E-state index in [0.717, 1.165) is 0 Å². The first-order valence-corrected chi connectivity index (χ1v) is 8.37. The third-order valence-electron chi connectivity index (χ3n) is 5.30. The van der Waals surface area contributed by atoms with E-state index in [9.17, 15) is 10.0 Å². The summed E-state index contributed by atoms with van der Waals surface area (Å²) in [5.74, 6) is 0.554. The molecule has 1 aliphatic rings. The molecule has 1 aliphatic heterocycles. The molecule has 0 unspecified atom stereocenters. The molecule has 0 amide bonds. The summed E-state index contributed by atoms with van der Waals surface area (Å²) in [5, 5.41) is 19.4. The minimum atomic E-state index is -2.58. The summed E-state index contributed by atoms with van der Waals surface area (Å²) >= 11 is 0. The summed E-state index contributed by atoms with van der Waals surface area (Å²) in [6.07, 6.45) is 0. The molecule has 2 N–H and O–H groups in total. The van der Waals surface area contributed by atoms with Gasteiger partial charge in [0.2, 0.25) is 0 Å². The summed E-state index contributed by atoms with van der Waals surface area (Å²) < 4.78 is 6.01. The predicted molar refractivity (Wildman–Crippen MR) is 75.1 cm³/mol. The zero-order chi connectivity index (χ0) is 13.9. The van der Waals surface area contributed by atoms with Crippen molar-refractivity contribution >= 4 is 14.2 Å². The number of nitrogens with zero attached hydrogens (tertiary/aromatic N) is 1. The summed E-state index contributed by atoms with van der Waals surface area (Å²) in [5.41, 5.74) is 0. The van der Waals surface area contributed by atoms with Crippen LogP contribution in [0.3, 0.4) is 0 Å². The lowest BCUT2D eigenvalue weighted by Crippen LogP contribution is -2.63. The predicted octanol–water partition coefficient (Wildman–Crippen LogP) is 2.17. The van der Waals surface area contributed by atoms with E-state index in [0.29, 0.717) is 5.92 Å². The highest BCUT2D eigenvalue weighted by atomic mass is 31.2. The monoisotopic (exact) mass is 263 g/mol. The highest BCUT2D eigenvalue weighted by Crippen LogP contribution is 2.88. The Labute approximate surface area is 106 Å². The molecule has 0 aromatic rings. The molecule has 0 spiro atoms. The summed E-state index contributed by atoms with van der Waals surface area (Å²) in [4.78, 5) is 1.24. The van der Waals surface area contributed by atoms with E-state index in [4.69, 9.17) is 4.62 Å². The molecule has 6 heteroatoms. The molecular weight excluding hydrogens is 236 g/mol. The Hall–Kier alpha value is 0.335. The summed E-state index contributed by atoms with van der Waals surface area (Å²) in [6.45, 7) is 12.0. The van der Waals surface area contributed by atoms with Crippen LogP contribution < -0.4 is 0 Å². The molecule has 0 bridgehead atoms. The van der Waals surface area contributed by atoms with Gasteiger partial charge in [-0.2, -0.15) is 4.62 Å². The highest BCUT2D eigenvalue weighted by molar-refractivity contribution is 7.75. The molecule has 0 aromatic carbocycles. The van der Waals surface area contributed by atoms with Crippen molar-refractivity contribution in [2.75, 3.05) is 13.7 Å². The molecule has 0 saturated carbocycles. The lowest BCUT2D eigenvalue weighted by Gasteiger charge is -2.62. The van der Waals surface area contributed by atoms with Gasteiger partial charge >= 0.3 is 6.69 Å². The van der Waals surface area contributed by atoms with Crippen LogP contribution in [-0.4, -0.2) is 45.7 Å². The van der Waals surface area contributed by atoms with Gasteiger partial charge in [0.1, 0.15) is 10.3 Å². The Kier molecular flexibility index (Phi) is 3.54. The van der Waals surface area contributed by atoms with Crippen LogP contribution in [0.1, 0.15) is 34.6 Å².